The molecule has 3 rings (SSSR count). The van der Waals surface area contributed by atoms with E-state index in [9.17, 15) is 9.59 Å². The summed E-state index contributed by atoms with van der Waals surface area (Å²) in [5.74, 6) is 0.833. The summed E-state index contributed by atoms with van der Waals surface area (Å²) >= 11 is 0. The van der Waals surface area contributed by atoms with E-state index in [1.807, 2.05) is 27.7 Å². The topological polar surface area (TPSA) is 89.1 Å². The summed E-state index contributed by atoms with van der Waals surface area (Å²) in [6.07, 6.45) is 2.53. The van der Waals surface area contributed by atoms with E-state index in [2.05, 4.69) is 29.4 Å². The fraction of sp³-hybridized carbons (Fsp3) is 0.917. The first-order valence-electron chi connectivity index (χ1n) is 12.3. The fourth-order valence-corrected chi connectivity index (χ4v) is 3.62. The summed E-state index contributed by atoms with van der Waals surface area (Å²) in [5.41, 5.74) is 0. The van der Waals surface area contributed by atoms with Crippen LogP contribution in [0.1, 0.15) is 60.8 Å². The number of nitrogens with one attached hydrogen (secondary N) is 2. The van der Waals surface area contributed by atoms with Crippen LogP contribution in [0.5, 0.6) is 0 Å². The molecule has 0 radical (unpaired) electrons. The Morgan fingerprint density at radius 3 is 1.84 bits per heavy atom. The molecule has 0 aromatic rings. The minimum Gasteiger partial charge on any atom is -0.381 e. The van der Waals surface area contributed by atoms with Gasteiger partial charge in [0.05, 0.1) is 25.7 Å². The van der Waals surface area contributed by atoms with E-state index in [-0.39, 0.29) is 29.8 Å². The average molecular weight is 458 g/mol. The van der Waals surface area contributed by atoms with Crippen molar-refractivity contribution in [3.8, 4) is 0 Å². The maximum atomic E-state index is 11.3. The van der Waals surface area contributed by atoms with Crippen molar-refractivity contribution in [2.45, 2.75) is 78.9 Å². The molecule has 32 heavy (non-hydrogen) atoms. The second-order valence-electron chi connectivity index (χ2n) is 9.62. The summed E-state index contributed by atoms with van der Waals surface area (Å²) in [6.45, 7) is 19.3. The van der Waals surface area contributed by atoms with Gasteiger partial charge in [-0.1, -0.05) is 0 Å². The lowest BCUT2D eigenvalue weighted by atomic mass is 10.0. The van der Waals surface area contributed by atoms with Crippen LogP contribution in [0.15, 0.2) is 0 Å². The first kappa shape index (κ1) is 28.8. The molecule has 3 fully saturated rings. The Bertz CT molecular complexity index is 510. The van der Waals surface area contributed by atoms with Gasteiger partial charge in [0.1, 0.15) is 0 Å². The molecule has 0 bridgehead atoms. The molecule has 2 N–H and O–H groups in total. The molecular formula is C24H47N3O5. The highest BCUT2D eigenvalue weighted by atomic mass is 16.5. The molecule has 3 heterocycles. The molecule has 3 saturated heterocycles. The smallest absolute Gasteiger partial charge is 0.225 e. The summed E-state index contributed by atoms with van der Waals surface area (Å²) < 4.78 is 15.5. The monoisotopic (exact) mass is 457 g/mol. The third kappa shape index (κ3) is 13.4. The van der Waals surface area contributed by atoms with E-state index < -0.39 is 0 Å². The van der Waals surface area contributed by atoms with Gasteiger partial charge < -0.3 is 24.8 Å². The molecule has 188 valence electrons. The lowest BCUT2D eigenvalue weighted by molar-refractivity contribution is -0.125. The van der Waals surface area contributed by atoms with E-state index in [0.717, 1.165) is 59.0 Å². The molecule has 0 saturated carbocycles. The number of nitrogens with zero attached hydrogens (tertiary/aromatic N) is 1. The predicted octanol–water partition coefficient (Wildman–Crippen LogP) is 2.21. The fourth-order valence-electron chi connectivity index (χ4n) is 3.62. The van der Waals surface area contributed by atoms with Crippen LogP contribution in [-0.2, 0) is 23.8 Å². The van der Waals surface area contributed by atoms with Crippen LogP contribution >= 0.6 is 0 Å². The van der Waals surface area contributed by atoms with Crippen LogP contribution in [0.3, 0.4) is 0 Å². The van der Waals surface area contributed by atoms with Crippen molar-refractivity contribution in [1.29, 1.82) is 0 Å². The molecular weight excluding hydrogens is 410 g/mol. The summed E-state index contributed by atoms with van der Waals surface area (Å²) in [7, 11) is 0. The van der Waals surface area contributed by atoms with Crippen LogP contribution in [0.25, 0.3) is 0 Å². The highest BCUT2D eigenvalue weighted by Crippen LogP contribution is 2.15. The zero-order chi connectivity index (χ0) is 23.9. The molecule has 2 atom stereocenters. The number of carbonyl (C=O) groups is 2. The molecule has 0 aromatic carbocycles. The van der Waals surface area contributed by atoms with E-state index >= 15 is 0 Å². The Morgan fingerprint density at radius 2 is 1.41 bits per heavy atom. The van der Waals surface area contributed by atoms with E-state index in [0.29, 0.717) is 25.0 Å². The van der Waals surface area contributed by atoms with Crippen LogP contribution < -0.4 is 10.6 Å². The van der Waals surface area contributed by atoms with E-state index in [1.165, 1.54) is 0 Å². The van der Waals surface area contributed by atoms with Crippen molar-refractivity contribution >= 4 is 11.8 Å². The Balaban J connectivity index is 0.000000242. The van der Waals surface area contributed by atoms with Gasteiger partial charge in [-0.3, -0.25) is 14.5 Å². The molecule has 2 unspecified atom stereocenters. The van der Waals surface area contributed by atoms with Crippen molar-refractivity contribution in [3.05, 3.63) is 0 Å². The maximum absolute atomic E-state index is 11.3. The number of rotatable bonds is 6. The summed E-state index contributed by atoms with van der Waals surface area (Å²) in [5, 5.41) is 5.74. The van der Waals surface area contributed by atoms with Gasteiger partial charge in [0, 0.05) is 57.5 Å². The number of hydrogen-bond acceptors (Lipinski definition) is 6. The van der Waals surface area contributed by atoms with Gasteiger partial charge in [-0.25, -0.2) is 0 Å². The molecule has 0 aromatic heterocycles. The van der Waals surface area contributed by atoms with Crippen molar-refractivity contribution in [3.63, 3.8) is 0 Å². The van der Waals surface area contributed by atoms with Gasteiger partial charge in [-0.05, 0) is 60.3 Å². The normalized spacial score (nSPS) is 23.4. The van der Waals surface area contributed by atoms with Crippen molar-refractivity contribution < 1.29 is 23.8 Å². The molecule has 3 aliphatic heterocycles. The standard InChI is InChI=1S/C9H17NO2.C8H15NO2.C7H15NO/c1-7(2)10-9(11)5-8-3-4-12-6-8;1-6(2)9-8(10)7-3-4-11-5-7;1-7(2)8-3-5-9-6-4-8/h7-8H,3-6H2,1-2H3,(H,10,11);6-7H,3-5H2,1-2H3,(H,9,10);7H,3-6H2,1-2H3. The second-order valence-corrected chi connectivity index (χ2v) is 9.62. The highest BCUT2D eigenvalue weighted by Gasteiger charge is 2.23. The lowest BCUT2D eigenvalue weighted by Crippen LogP contribution is -2.40. The third-order valence-electron chi connectivity index (χ3n) is 5.46. The van der Waals surface area contributed by atoms with Gasteiger partial charge in [-0.2, -0.15) is 0 Å². The van der Waals surface area contributed by atoms with Crippen LogP contribution in [0, 0.1) is 11.8 Å². The molecule has 0 spiro atoms. The van der Waals surface area contributed by atoms with Crippen LogP contribution in [0.2, 0.25) is 0 Å². The zero-order valence-electron chi connectivity index (χ0n) is 21.2. The molecule has 3 aliphatic rings. The Labute approximate surface area is 195 Å². The molecule has 8 heteroatoms. The predicted molar refractivity (Wildman–Crippen MR) is 127 cm³/mol. The Kier molecular flexibility index (Phi) is 14.8. The van der Waals surface area contributed by atoms with Gasteiger partial charge in [0.2, 0.25) is 11.8 Å². The first-order valence-corrected chi connectivity index (χ1v) is 12.3. The quantitative estimate of drug-likeness (QED) is 0.636. The number of carbonyl (C=O) groups excluding carboxylic acids is 2. The average Bonchev–Trinajstić information content (AvgIpc) is 3.43. The van der Waals surface area contributed by atoms with Gasteiger partial charge in [0.15, 0.2) is 0 Å². The number of ether oxygens (including phenoxy) is 3. The number of morpholine rings is 1. The van der Waals surface area contributed by atoms with Crippen molar-refractivity contribution in [2.24, 2.45) is 11.8 Å². The lowest BCUT2D eigenvalue weighted by Gasteiger charge is -2.29. The first-order chi connectivity index (χ1) is 15.2. The van der Waals surface area contributed by atoms with Gasteiger partial charge in [-0.15, -0.1) is 0 Å². The van der Waals surface area contributed by atoms with Gasteiger partial charge in [0.25, 0.3) is 0 Å². The number of hydrogen-bond donors (Lipinski definition) is 2. The SMILES string of the molecule is CC(C)N1CCOCC1.CC(C)NC(=O)C1CCOC1.CC(C)NC(=O)CC1CCOC1. The minimum absolute atomic E-state index is 0.0948. The zero-order valence-corrected chi connectivity index (χ0v) is 21.2. The van der Waals surface area contributed by atoms with Gasteiger partial charge >= 0.3 is 0 Å². The van der Waals surface area contributed by atoms with Crippen LogP contribution in [0.4, 0.5) is 0 Å². The van der Waals surface area contributed by atoms with Crippen molar-refractivity contribution in [2.75, 3.05) is 52.7 Å². The molecule has 8 nitrogen and oxygen atoms in total. The number of amides is 2. The molecule has 0 aliphatic carbocycles. The van der Waals surface area contributed by atoms with E-state index in [4.69, 9.17) is 14.2 Å². The molecule has 2 amide bonds. The highest BCUT2D eigenvalue weighted by molar-refractivity contribution is 5.79. The van der Waals surface area contributed by atoms with Crippen molar-refractivity contribution in [1.82, 2.24) is 15.5 Å². The Hall–Kier alpha value is -1.22. The minimum atomic E-state index is 0.0948. The Morgan fingerprint density at radius 1 is 0.812 bits per heavy atom. The van der Waals surface area contributed by atoms with Crippen LogP contribution in [-0.4, -0.2) is 87.6 Å². The van der Waals surface area contributed by atoms with E-state index in [1.54, 1.807) is 0 Å². The summed E-state index contributed by atoms with van der Waals surface area (Å²) in [4.78, 5) is 24.9. The maximum Gasteiger partial charge on any atom is 0.225 e. The second kappa shape index (κ2) is 16.4. The third-order valence-corrected chi connectivity index (χ3v) is 5.46. The summed E-state index contributed by atoms with van der Waals surface area (Å²) in [6, 6.07) is 1.18. The largest absolute Gasteiger partial charge is 0.381 e.